The van der Waals surface area contributed by atoms with Gasteiger partial charge in [0.2, 0.25) is 0 Å². The molecule has 0 N–H and O–H groups in total. The van der Waals surface area contributed by atoms with Crippen molar-refractivity contribution in [2.75, 3.05) is 14.2 Å². The fourth-order valence-electron chi connectivity index (χ4n) is 1.84. The molecule has 0 aliphatic heterocycles. The molecular weight excluding hydrogens is 288 g/mol. The predicted molar refractivity (Wildman–Crippen MR) is 84.4 cm³/mol. The summed E-state index contributed by atoms with van der Waals surface area (Å²) in [6, 6.07) is 12.2. The van der Waals surface area contributed by atoms with Gasteiger partial charge in [0.15, 0.2) is 17.3 Å². The maximum Gasteiger partial charge on any atom is 0.185 e. The summed E-state index contributed by atoms with van der Waals surface area (Å²) in [5, 5.41) is 0.607. The zero-order valence-corrected chi connectivity index (χ0v) is 12.6. The minimum Gasteiger partial charge on any atom is -0.493 e. The number of carbonyl (C=O) groups excluding carboxylic acids is 1. The van der Waals surface area contributed by atoms with Crippen LogP contribution in [0.15, 0.2) is 48.5 Å². The Morgan fingerprint density at radius 1 is 1.00 bits per heavy atom. The number of halogens is 1. The fourth-order valence-corrected chi connectivity index (χ4v) is 1.96. The third-order valence-electron chi connectivity index (χ3n) is 2.96. The minimum absolute atomic E-state index is 0.0820. The van der Waals surface area contributed by atoms with Gasteiger partial charge in [0.05, 0.1) is 14.2 Å². The quantitative estimate of drug-likeness (QED) is 0.612. The van der Waals surface area contributed by atoms with Gasteiger partial charge in [-0.25, -0.2) is 0 Å². The van der Waals surface area contributed by atoms with Crippen molar-refractivity contribution >= 4 is 23.5 Å². The Morgan fingerprint density at radius 2 is 1.67 bits per heavy atom. The molecule has 0 fully saturated rings. The van der Waals surface area contributed by atoms with Gasteiger partial charge in [0.25, 0.3) is 0 Å². The molecule has 21 heavy (non-hydrogen) atoms. The summed E-state index contributed by atoms with van der Waals surface area (Å²) in [5.41, 5.74) is 1.45. The molecule has 0 aliphatic carbocycles. The number of ketones is 1. The highest BCUT2D eigenvalue weighted by atomic mass is 35.5. The lowest BCUT2D eigenvalue weighted by molar-refractivity contribution is 0.104. The van der Waals surface area contributed by atoms with E-state index in [1.807, 2.05) is 12.1 Å². The fraction of sp³-hybridized carbons (Fsp3) is 0.118. The number of rotatable bonds is 5. The van der Waals surface area contributed by atoms with Crippen LogP contribution < -0.4 is 9.47 Å². The average Bonchev–Trinajstić information content (AvgIpc) is 2.52. The van der Waals surface area contributed by atoms with Gasteiger partial charge < -0.3 is 9.47 Å². The zero-order valence-electron chi connectivity index (χ0n) is 11.8. The monoisotopic (exact) mass is 302 g/mol. The summed E-state index contributed by atoms with van der Waals surface area (Å²) in [6.45, 7) is 0. The van der Waals surface area contributed by atoms with Crippen LogP contribution >= 0.6 is 11.6 Å². The average molecular weight is 303 g/mol. The summed E-state index contributed by atoms with van der Waals surface area (Å²) < 4.78 is 10.4. The number of allylic oxidation sites excluding steroid dienone is 1. The number of hydrogen-bond acceptors (Lipinski definition) is 3. The second-order valence-electron chi connectivity index (χ2n) is 4.32. The molecule has 2 aromatic rings. The van der Waals surface area contributed by atoms with Crippen molar-refractivity contribution in [3.63, 3.8) is 0 Å². The van der Waals surface area contributed by atoms with Crippen molar-refractivity contribution in [2.45, 2.75) is 0 Å². The Kier molecular flexibility index (Phi) is 5.01. The molecule has 0 saturated heterocycles. The highest BCUT2D eigenvalue weighted by Crippen LogP contribution is 2.28. The Balaban J connectivity index is 2.17. The third-order valence-corrected chi connectivity index (χ3v) is 3.22. The molecule has 0 heterocycles. The molecule has 0 saturated carbocycles. The molecule has 2 rings (SSSR count). The number of hydrogen-bond donors (Lipinski definition) is 0. The Bertz CT molecular complexity index is 660. The van der Waals surface area contributed by atoms with E-state index in [0.717, 1.165) is 5.56 Å². The first-order valence-electron chi connectivity index (χ1n) is 6.34. The lowest BCUT2D eigenvalue weighted by atomic mass is 10.1. The van der Waals surface area contributed by atoms with Crippen molar-refractivity contribution in [3.05, 3.63) is 64.7 Å². The van der Waals surface area contributed by atoms with Crippen LogP contribution in [0.2, 0.25) is 5.02 Å². The first kappa shape index (κ1) is 15.1. The molecular formula is C17H15ClO3. The number of carbonyl (C=O) groups is 1. The van der Waals surface area contributed by atoms with Crippen LogP contribution in [-0.2, 0) is 0 Å². The second kappa shape index (κ2) is 6.95. The Morgan fingerprint density at radius 3 is 2.29 bits per heavy atom. The first-order valence-corrected chi connectivity index (χ1v) is 6.72. The normalized spacial score (nSPS) is 10.6. The number of ether oxygens (including phenoxy) is 2. The summed E-state index contributed by atoms with van der Waals surface area (Å²) in [7, 11) is 3.15. The molecule has 3 nitrogen and oxygen atoms in total. The van der Waals surface area contributed by atoms with Crippen LogP contribution in [0, 0.1) is 0 Å². The molecule has 0 aliphatic rings. The van der Waals surface area contributed by atoms with Crippen LogP contribution in [0.25, 0.3) is 6.08 Å². The topological polar surface area (TPSA) is 35.5 Å². The van der Waals surface area contributed by atoms with E-state index >= 15 is 0 Å². The molecule has 0 bridgehead atoms. The molecule has 0 atom stereocenters. The van der Waals surface area contributed by atoms with Crippen LogP contribution in [0.4, 0.5) is 0 Å². The predicted octanol–water partition coefficient (Wildman–Crippen LogP) is 4.25. The standard InChI is InChI=1S/C17H15ClO3/c1-20-16-10-4-12(11-17(16)21-2)3-9-15(19)13-5-7-14(18)8-6-13/h3-11H,1-2H3/b9-3-. The van der Waals surface area contributed by atoms with E-state index in [-0.39, 0.29) is 5.78 Å². The maximum atomic E-state index is 12.0. The first-order chi connectivity index (χ1) is 10.1. The van der Waals surface area contributed by atoms with Gasteiger partial charge in [-0.1, -0.05) is 23.7 Å². The Labute approximate surface area is 128 Å². The summed E-state index contributed by atoms with van der Waals surface area (Å²) in [4.78, 5) is 12.0. The van der Waals surface area contributed by atoms with Crippen molar-refractivity contribution in [1.29, 1.82) is 0 Å². The van der Waals surface area contributed by atoms with Gasteiger partial charge in [-0.3, -0.25) is 4.79 Å². The lowest BCUT2D eigenvalue weighted by Gasteiger charge is -2.07. The summed E-state index contributed by atoms with van der Waals surface area (Å²) in [6.07, 6.45) is 3.25. The third kappa shape index (κ3) is 3.86. The SMILES string of the molecule is COc1ccc(/C=C\C(=O)c2ccc(Cl)cc2)cc1OC. The van der Waals surface area contributed by atoms with Crippen LogP contribution in [0.1, 0.15) is 15.9 Å². The van der Waals surface area contributed by atoms with Gasteiger partial charge >= 0.3 is 0 Å². The van der Waals surface area contributed by atoms with E-state index in [4.69, 9.17) is 21.1 Å². The largest absolute Gasteiger partial charge is 0.493 e. The van der Waals surface area contributed by atoms with E-state index < -0.39 is 0 Å². The summed E-state index contributed by atoms with van der Waals surface area (Å²) >= 11 is 5.80. The molecule has 108 valence electrons. The highest BCUT2D eigenvalue weighted by Gasteiger charge is 2.04. The van der Waals surface area contributed by atoms with Crippen molar-refractivity contribution < 1.29 is 14.3 Å². The van der Waals surface area contributed by atoms with E-state index in [9.17, 15) is 4.79 Å². The van der Waals surface area contributed by atoms with Gasteiger partial charge in [-0.2, -0.15) is 0 Å². The number of methoxy groups -OCH3 is 2. The van der Waals surface area contributed by atoms with Gasteiger partial charge in [0.1, 0.15) is 0 Å². The van der Waals surface area contributed by atoms with E-state index in [2.05, 4.69) is 0 Å². The molecule has 0 amide bonds. The van der Waals surface area contributed by atoms with Crippen molar-refractivity contribution in [2.24, 2.45) is 0 Å². The summed E-state index contributed by atoms with van der Waals surface area (Å²) in [5.74, 6) is 1.19. The molecule has 0 spiro atoms. The van der Waals surface area contributed by atoms with Crippen molar-refractivity contribution in [1.82, 2.24) is 0 Å². The van der Waals surface area contributed by atoms with Gasteiger partial charge in [-0.15, -0.1) is 0 Å². The number of benzene rings is 2. The van der Waals surface area contributed by atoms with Gasteiger partial charge in [0, 0.05) is 10.6 Å². The highest BCUT2D eigenvalue weighted by molar-refractivity contribution is 6.30. The molecule has 2 aromatic carbocycles. The Hall–Kier alpha value is -2.26. The zero-order chi connectivity index (χ0) is 15.2. The second-order valence-corrected chi connectivity index (χ2v) is 4.76. The molecule has 0 radical (unpaired) electrons. The minimum atomic E-state index is -0.0820. The van der Waals surface area contributed by atoms with E-state index in [0.29, 0.717) is 22.1 Å². The maximum absolute atomic E-state index is 12.0. The molecule has 0 unspecified atom stereocenters. The molecule has 0 aromatic heterocycles. The smallest absolute Gasteiger partial charge is 0.185 e. The van der Waals surface area contributed by atoms with Crippen LogP contribution in [-0.4, -0.2) is 20.0 Å². The van der Waals surface area contributed by atoms with E-state index in [1.165, 1.54) is 6.08 Å². The van der Waals surface area contributed by atoms with Crippen LogP contribution in [0.3, 0.4) is 0 Å². The van der Waals surface area contributed by atoms with Crippen LogP contribution in [0.5, 0.6) is 11.5 Å². The van der Waals surface area contributed by atoms with Gasteiger partial charge in [-0.05, 0) is 48.0 Å². The lowest BCUT2D eigenvalue weighted by Crippen LogP contribution is -1.93. The molecule has 4 heteroatoms. The van der Waals surface area contributed by atoms with Crippen molar-refractivity contribution in [3.8, 4) is 11.5 Å². The van der Waals surface area contributed by atoms with E-state index in [1.54, 1.807) is 50.6 Å².